The molecule has 1 N–H and O–H groups in total. The molecule has 0 radical (unpaired) electrons. The van der Waals surface area contributed by atoms with Gasteiger partial charge in [0, 0.05) is 31.0 Å². The predicted molar refractivity (Wildman–Crippen MR) is 84.1 cm³/mol. The zero-order valence-corrected chi connectivity index (χ0v) is 13.9. The molecule has 2 heterocycles. The molecule has 1 saturated heterocycles. The third kappa shape index (κ3) is 3.22. The smallest absolute Gasteiger partial charge is 0.310 e. The van der Waals surface area contributed by atoms with E-state index in [-0.39, 0.29) is 22.9 Å². The average Bonchev–Trinajstić information content (AvgIpc) is 2.23. The molecule has 2 rings (SSSR count). The normalized spacial score (nSPS) is 23.9. The lowest BCUT2D eigenvalue weighted by Gasteiger charge is -2.48. The number of carboxylic acid groups (broad SMARTS) is 1. The molecule has 2 aliphatic heterocycles. The van der Waals surface area contributed by atoms with E-state index in [0.717, 1.165) is 5.82 Å². The van der Waals surface area contributed by atoms with E-state index < -0.39 is 5.97 Å². The molecule has 0 bridgehead atoms. The highest BCUT2D eigenvalue weighted by Crippen LogP contribution is 2.34. The summed E-state index contributed by atoms with van der Waals surface area (Å²) in [5, 5.41) is 8.98. The second-order valence-corrected chi connectivity index (χ2v) is 8.09. The Morgan fingerprint density at radius 3 is 2.24 bits per heavy atom. The number of carbonyl (C=O) groups is 1. The van der Waals surface area contributed by atoms with Crippen LogP contribution in [0.25, 0.3) is 0 Å². The molecule has 0 saturated carbocycles. The van der Waals surface area contributed by atoms with Crippen molar-refractivity contribution in [3.05, 3.63) is 12.0 Å². The van der Waals surface area contributed by atoms with Crippen molar-refractivity contribution in [1.82, 2.24) is 9.80 Å². The fourth-order valence-electron chi connectivity index (χ4n) is 2.69. The summed E-state index contributed by atoms with van der Waals surface area (Å²) in [7, 11) is 0. The van der Waals surface area contributed by atoms with Gasteiger partial charge in [0.15, 0.2) is 0 Å². The van der Waals surface area contributed by atoms with Crippen molar-refractivity contribution in [2.24, 2.45) is 16.3 Å². The average molecular weight is 293 g/mol. The molecule has 21 heavy (non-hydrogen) atoms. The zero-order chi connectivity index (χ0) is 16.0. The largest absolute Gasteiger partial charge is 0.481 e. The summed E-state index contributed by atoms with van der Waals surface area (Å²) in [5.74, 6) is -0.0978. The lowest BCUT2D eigenvalue weighted by Crippen LogP contribution is -2.55. The third-order valence-corrected chi connectivity index (χ3v) is 4.12. The Morgan fingerprint density at radius 1 is 1.24 bits per heavy atom. The maximum absolute atomic E-state index is 10.9. The highest BCUT2D eigenvalue weighted by atomic mass is 16.4. The third-order valence-electron chi connectivity index (χ3n) is 4.12. The maximum atomic E-state index is 10.9. The van der Waals surface area contributed by atoms with Crippen LogP contribution in [0.1, 0.15) is 41.5 Å². The molecule has 0 aromatic rings. The van der Waals surface area contributed by atoms with Crippen LogP contribution < -0.4 is 0 Å². The Bertz CT molecular complexity index is 477. The van der Waals surface area contributed by atoms with Crippen LogP contribution in [-0.4, -0.2) is 51.8 Å². The number of hydrogen-bond acceptors (Lipinski definition) is 4. The van der Waals surface area contributed by atoms with Gasteiger partial charge in [0.1, 0.15) is 5.82 Å². The van der Waals surface area contributed by atoms with Crippen molar-refractivity contribution < 1.29 is 9.90 Å². The number of likely N-dealkylation sites (tertiary alicyclic amines) is 1. The molecule has 0 aromatic carbocycles. The lowest BCUT2D eigenvalue weighted by molar-refractivity contribution is -0.146. The molecule has 1 fully saturated rings. The minimum atomic E-state index is -0.716. The molecule has 5 nitrogen and oxygen atoms in total. The summed E-state index contributed by atoms with van der Waals surface area (Å²) >= 11 is 0. The first kappa shape index (κ1) is 15.9. The Kier molecular flexibility index (Phi) is 3.80. The van der Waals surface area contributed by atoms with Crippen molar-refractivity contribution in [3.8, 4) is 0 Å². The number of aliphatic carboxylic acids is 1. The number of aliphatic imine (C=N–C) groups is 1. The SMILES string of the molecule is CC(C)(C)C1C=NC(N2CC(C(=O)O)C2)=CN1C(C)(C)C. The minimum Gasteiger partial charge on any atom is -0.481 e. The van der Waals surface area contributed by atoms with Crippen LogP contribution in [-0.2, 0) is 4.79 Å². The summed E-state index contributed by atoms with van der Waals surface area (Å²) in [6.07, 6.45) is 4.10. The Labute approximate surface area is 127 Å². The summed E-state index contributed by atoms with van der Waals surface area (Å²) in [4.78, 5) is 19.9. The van der Waals surface area contributed by atoms with Gasteiger partial charge in [-0.3, -0.25) is 4.79 Å². The van der Waals surface area contributed by atoms with E-state index >= 15 is 0 Å². The lowest BCUT2D eigenvalue weighted by atomic mass is 9.83. The van der Waals surface area contributed by atoms with Crippen molar-refractivity contribution in [2.45, 2.75) is 53.1 Å². The molecule has 0 spiro atoms. The van der Waals surface area contributed by atoms with Gasteiger partial charge < -0.3 is 14.9 Å². The molecule has 1 unspecified atom stereocenters. The number of hydrogen-bond donors (Lipinski definition) is 1. The molecular formula is C16H27N3O2. The van der Waals surface area contributed by atoms with Gasteiger partial charge in [0.05, 0.1) is 12.0 Å². The van der Waals surface area contributed by atoms with Crippen LogP contribution in [0.5, 0.6) is 0 Å². The van der Waals surface area contributed by atoms with Gasteiger partial charge in [0.2, 0.25) is 0 Å². The second kappa shape index (κ2) is 5.04. The first-order valence-corrected chi connectivity index (χ1v) is 7.52. The maximum Gasteiger partial charge on any atom is 0.310 e. The monoisotopic (exact) mass is 293 g/mol. The van der Waals surface area contributed by atoms with Crippen molar-refractivity contribution in [3.63, 3.8) is 0 Å². The highest BCUT2D eigenvalue weighted by molar-refractivity contribution is 5.72. The van der Waals surface area contributed by atoms with E-state index in [1.54, 1.807) is 0 Å². The predicted octanol–water partition coefficient (Wildman–Crippen LogP) is 2.40. The molecule has 118 valence electrons. The Hall–Kier alpha value is -1.52. The summed E-state index contributed by atoms with van der Waals surface area (Å²) in [6, 6.07) is 0.234. The number of rotatable bonds is 2. The minimum absolute atomic E-state index is 0.00724. The Balaban J connectivity index is 2.18. The molecule has 0 aromatic heterocycles. The van der Waals surface area contributed by atoms with Gasteiger partial charge in [-0.1, -0.05) is 20.8 Å². The standard InChI is InChI=1S/C16H27N3O2/c1-15(2,3)12-7-17-13(10-19(12)16(4,5)6)18-8-11(9-18)14(20)21/h7,10-12H,8-9H2,1-6H3,(H,20,21). The highest BCUT2D eigenvalue weighted by Gasteiger charge is 2.39. The molecular weight excluding hydrogens is 266 g/mol. The molecule has 1 atom stereocenters. The van der Waals surface area contributed by atoms with E-state index in [0.29, 0.717) is 13.1 Å². The first-order valence-electron chi connectivity index (χ1n) is 7.52. The number of carboxylic acids is 1. The van der Waals surface area contributed by atoms with Gasteiger partial charge in [0.25, 0.3) is 0 Å². The van der Waals surface area contributed by atoms with Crippen molar-refractivity contribution in [1.29, 1.82) is 0 Å². The van der Waals surface area contributed by atoms with Gasteiger partial charge in [-0.2, -0.15) is 0 Å². The molecule has 2 aliphatic rings. The zero-order valence-electron chi connectivity index (χ0n) is 13.9. The summed E-state index contributed by atoms with van der Waals surface area (Å²) in [5.41, 5.74) is 0.0874. The van der Waals surface area contributed by atoms with E-state index in [4.69, 9.17) is 5.11 Å². The van der Waals surface area contributed by atoms with Crippen molar-refractivity contribution in [2.75, 3.05) is 13.1 Å². The van der Waals surface area contributed by atoms with Crippen molar-refractivity contribution >= 4 is 12.2 Å². The van der Waals surface area contributed by atoms with Crippen LogP contribution >= 0.6 is 0 Å². The van der Waals surface area contributed by atoms with E-state index in [9.17, 15) is 4.79 Å². The molecule has 5 heteroatoms. The van der Waals surface area contributed by atoms with E-state index in [1.807, 2.05) is 11.1 Å². The van der Waals surface area contributed by atoms with Gasteiger partial charge in [-0.05, 0) is 26.2 Å². The van der Waals surface area contributed by atoms with Crippen LogP contribution in [0, 0.1) is 11.3 Å². The fraction of sp³-hybridized carbons (Fsp3) is 0.750. The fourth-order valence-corrected chi connectivity index (χ4v) is 2.69. The summed E-state index contributed by atoms with van der Waals surface area (Å²) in [6.45, 7) is 14.3. The quantitative estimate of drug-likeness (QED) is 0.849. The van der Waals surface area contributed by atoms with E-state index in [2.05, 4.69) is 57.6 Å². The molecule has 0 aliphatic carbocycles. The van der Waals surface area contributed by atoms with Crippen LogP contribution in [0.3, 0.4) is 0 Å². The van der Waals surface area contributed by atoms with Crippen LogP contribution in [0.4, 0.5) is 0 Å². The van der Waals surface area contributed by atoms with Crippen LogP contribution in [0.15, 0.2) is 17.0 Å². The van der Waals surface area contributed by atoms with Crippen LogP contribution in [0.2, 0.25) is 0 Å². The van der Waals surface area contributed by atoms with E-state index in [1.165, 1.54) is 0 Å². The Morgan fingerprint density at radius 2 is 1.81 bits per heavy atom. The van der Waals surface area contributed by atoms with Gasteiger partial charge in [-0.15, -0.1) is 0 Å². The summed E-state index contributed by atoms with van der Waals surface area (Å²) < 4.78 is 0. The first-order chi connectivity index (χ1) is 9.50. The number of nitrogens with zero attached hydrogens (tertiary/aromatic N) is 3. The second-order valence-electron chi connectivity index (χ2n) is 8.09. The topological polar surface area (TPSA) is 56.1 Å². The van der Waals surface area contributed by atoms with Gasteiger partial charge >= 0.3 is 5.97 Å². The van der Waals surface area contributed by atoms with Gasteiger partial charge in [-0.25, -0.2) is 4.99 Å². The molecule has 0 amide bonds.